The number of pyridine rings is 1. The summed E-state index contributed by atoms with van der Waals surface area (Å²) < 4.78 is 39.1. The first-order valence-electron chi connectivity index (χ1n) is 7.63. The number of aliphatic hydroxyl groups is 2. The molecule has 0 saturated heterocycles. The Morgan fingerprint density at radius 2 is 1.83 bits per heavy atom. The molecule has 2 aromatic rings. The smallest absolute Gasteiger partial charge is 0.390 e. The van der Waals surface area contributed by atoms with Crippen molar-refractivity contribution in [1.29, 1.82) is 0 Å². The number of aliphatic hydroxyl groups excluding tert-OH is 1. The van der Waals surface area contributed by atoms with Crippen LogP contribution in [0.2, 0.25) is 0 Å². The Balaban J connectivity index is 2.05. The monoisotopic (exact) mass is 337 g/mol. The zero-order valence-corrected chi connectivity index (χ0v) is 13.1. The predicted molar refractivity (Wildman–Crippen MR) is 82.2 cm³/mol. The standard InChI is InChI=1S/C18H18F3NO2/c1-16(24)10-17(11-16,15(23)14-7-2-3-8-22-14)12-5-4-6-13(9-12)18(19,20)21/h2-9,15,23-24H,10-11H2,1H3/t15-,16-,17+/m1/s1. The second kappa shape index (κ2) is 5.57. The molecule has 1 aliphatic rings. The molecule has 0 radical (unpaired) electrons. The van der Waals surface area contributed by atoms with Gasteiger partial charge in [0, 0.05) is 11.6 Å². The molecular formula is C18H18F3NO2. The molecule has 1 heterocycles. The van der Waals surface area contributed by atoms with E-state index in [9.17, 15) is 23.4 Å². The molecule has 0 amide bonds. The Morgan fingerprint density at radius 1 is 1.12 bits per heavy atom. The lowest BCUT2D eigenvalue weighted by Gasteiger charge is -2.54. The Bertz CT molecular complexity index is 721. The Kier molecular flexibility index (Phi) is 3.92. The Morgan fingerprint density at radius 3 is 2.38 bits per heavy atom. The highest BCUT2D eigenvalue weighted by molar-refractivity contribution is 5.38. The normalized spacial score (nSPS) is 28.2. The second-order valence-corrected chi connectivity index (χ2v) is 6.74. The number of benzene rings is 1. The number of nitrogens with zero attached hydrogens (tertiary/aromatic N) is 1. The third-order valence-electron chi connectivity index (χ3n) is 4.65. The van der Waals surface area contributed by atoms with E-state index in [-0.39, 0.29) is 12.8 Å². The largest absolute Gasteiger partial charge is 0.416 e. The summed E-state index contributed by atoms with van der Waals surface area (Å²) in [6.45, 7) is 1.62. The molecule has 1 aliphatic carbocycles. The van der Waals surface area contributed by atoms with Crippen LogP contribution in [-0.2, 0) is 11.6 Å². The summed E-state index contributed by atoms with van der Waals surface area (Å²) >= 11 is 0. The highest BCUT2D eigenvalue weighted by atomic mass is 19.4. The van der Waals surface area contributed by atoms with Gasteiger partial charge in [0.05, 0.1) is 16.9 Å². The Hall–Kier alpha value is -1.92. The maximum absolute atomic E-state index is 13.0. The van der Waals surface area contributed by atoms with Gasteiger partial charge in [-0.15, -0.1) is 0 Å². The maximum atomic E-state index is 13.0. The molecule has 1 fully saturated rings. The first-order valence-corrected chi connectivity index (χ1v) is 7.63. The fourth-order valence-corrected chi connectivity index (χ4v) is 3.69. The summed E-state index contributed by atoms with van der Waals surface area (Å²) in [7, 11) is 0. The summed E-state index contributed by atoms with van der Waals surface area (Å²) in [5.41, 5.74) is -2.03. The van der Waals surface area contributed by atoms with Crippen LogP contribution in [0.1, 0.15) is 42.7 Å². The summed E-state index contributed by atoms with van der Waals surface area (Å²) in [5, 5.41) is 21.0. The van der Waals surface area contributed by atoms with Gasteiger partial charge in [0.25, 0.3) is 0 Å². The SMILES string of the molecule is C[C@]1(O)C[C@@](c2cccc(C(F)(F)F)c2)([C@H](O)c2ccccn2)C1. The molecule has 2 N–H and O–H groups in total. The number of halogens is 3. The zero-order chi connectivity index (χ0) is 17.6. The van der Waals surface area contributed by atoms with Crippen LogP contribution in [0.3, 0.4) is 0 Å². The number of alkyl halides is 3. The lowest BCUT2D eigenvalue weighted by atomic mass is 9.53. The van der Waals surface area contributed by atoms with Gasteiger partial charge >= 0.3 is 6.18 Å². The van der Waals surface area contributed by atoms with Crippen molar-refractivity contribution in [3.05, 3.63) is 65.5 Å². The lowest BCUT2D eigenvalue weighted by Crippen LogP contribution is -2.56. The molecule has 0 spiro atoms. The molecule has 1 aromatic heterocycles. The molecule has 3 rings (SSSR count). The van der Waals surface area contributed by atoms with Gasteiger partial charge in [0.15, 0.2) is 0 Å². The first-order chi connectivity index (χ1) is 11.1. The average molecular weight is 337 g/mol. The van der Waals surface area contributed by atoms with Crippen molar-refractivity contribution in [3.8, 4) is 0 Å². The van der Waals surface area contributed by atoms with E-state index in [1.807, 2.05) is 0 Å². The van der Waals surface area contributed by atoms with E-state index in [2.05, 4.69) is 4.98 Å². The van der Waals surface area contributed by atoms with E-state index >= 15 is 0 Å². The van der Waals surface area contributed by atoms with Gasteiger partial charge < -0.3 is 10.2 Å². The van der Waals surface area contributed by atoms with E-state index in [0.717, 1.165) is 12.1 Å². The number of hydrogen-bond acceptors (Lipinski definition) is 3. The van der Waals surface area contributed by atoms with Crippen molar-refractivity contribution in [1.82, 2.24) is 4.98 Å². The van der Waals surface area contributed by atoms with Gasteiger partial charge in [-0.1, -0.05) is 24.3 Å². The minimum Gasteiger partial charge on any atom is -0.390 e. The van der Waals surface area contributed by atoms with Crippen molar-refractivity contribution in [2.45, 2.75) is 43.1 Å². The van der Waals surface area contributed by atoms with Crippen molar-refractivity contribution in [2.75, 3.05) is 0 Å². The van der Waals surface area contributed by atoms with E-state index < -0.39 is 28.9 Å². The minimum absolute atomic E-state index is 0.166. The molecule has 0 bridgehead atoms. The first kappa shape index (κ1) is 16.9. The van der Waals surface area contributed by atoms with Crippen LogP contribution in [0.4, 0.5) is 13.2 Å². The molecule has 0 aliphatic heterocycles. The number of rotatable bonds is 3. The summed E-state index contributed by atoms with van der Waals surface area (Å²) in [6, 6.07) is 10.00. The van der Waals surface area contributed by atoms with Crippen LogP contribution in [0.25, 0.3) is 0 Å². The lowest BCUT2D eigenvalue weighted by molar-refractivity contribution is -0.138. The maximum Gasteiger partial charge on any atom is 0.416 e. The van der Waals surface area contributed by atoms with E-state index in [4.69, 9.17) is 0 Å². The summed E-state index contributed by atoms with van der Waals surface area (Å²) in [6.07, 6.45) is -3.70. The van der Waals surface area contributed by atoms with Crippen LogP contribution in [0.15, 0.2) is 48.7 Å². The van der Waals surface area contributed by atoms with E-state index in [1.165, 1.54) is 12.3 Å². The Labute approximate surface area is 137 Å². The van der Waals surface area contributed by atoms with Crippen LogP contribution >= 0.6 is 0 Å². The van der Waals surface area contributed by atoms with Crippen molar-refractivity contribution in [3.63, 3.8) is 0 Å². The van der Waals surface area contributed by atoms with Crippen molar-refractivity contribution < 1.29 is 23.4 Å². The van der Waals surface area contributed by atoms with Crippen LogP contribution < -0.4 is 0 Å². The van der Waals surface area contributed by atoms with Gasteiger partial charge in [-0.2, -0.15) is 13.2 Å². The molecule has 0 unspecified atom stereocenters. The van der Waals surface area contributed by atoms with E-state index in [0.29, 0.717) is 11.3 Å². The highest BCUT2D eigenvalue weighted by Gasteiger charge is 2.57. The topological polar surface area (TPSA) is 53.4 Å². The average Bonchev–Trinajstić information content (AvgIpc) is 2.51. The van der Waals surface area contributed by atoms with Crippen LogP contribution in [0, 0.1) is 0 Å². The third-order valence-corrected chi connectivity index (χ3v) is 4.65. The molecule has 128 valence electrons. The minimum atomic E-state index is -4.46. The van der Waals surface area contributed by atoms with Gasteiger partial charge in [-0.25, -0.2) is 0 Å². The fourth-order valence-electron chi connectivity index (χ4n) is 3.69. The van der Waals surface area contributed by atoms with Crippen molar-refractivity contribution in [2.24, 2.45) is 0 Å². The third kappa shape index (κ3) is 2.91. The summed E-state index contributed by atoms with van der Waals surface area (Å²) in [5.74, 6) is 0. The molecule has 3 nitrogen and oxygen atoms in total. The van der Waals surface area contributed by atoms with E-state index in [1.54, 1.807) is 31.2 Å². The molecule has 1 atom stereocenters. The molecule has 1 aromatic carbocycles. The molecule has 6 heteroatoms. The van der Waals surface area contributed by atoms with Gasteiger partial charge in [0.2, 0.25) is 0 Å². The van der Waals surface area contributed by atoms with Crippen LogP contribution in [-0.4, -0.2) is 20.8 Å². The molecule has 1 saturated carbocycles. The number of hydrogen-bond donors (Lipinski definition) is 2. The number of aromatic nitrogens is 1. The molecule has 24 heavy (non-hydrogen) atoms. The quantitative estimate of drug-likeness (QED) is 0.899. The zero-order valence-electron chi connectivity index (χ0n) is 13.1. The van der Waals surface area contributed by atoms with Gasteiger partial charge in [0.1, 0.15) is 6.10 Å². The van der Waals surface area contributed by atoms with Crippen LogP contribution in [0.5, 0.6) is 0 Å². The summed E-state index contributed by atoms with van der Waals surface area (Å²) in [4.78, 5) is 4.12. The second-order valence-electron chi connectivity index (χ2n) is 6.74. The van der Waals surface area contributed by atoms with Crippen molar-refractivity contribution >= 4 is 0 Å². The van der Waals surface area contributed by atoms with Gasteiger partial charge in [-0.3, -0.25) is 4.98 Å². The molecular weight excluding hydrogens is 319 g/mol. The fraction of sp³-hybridized carbons (Fsp3) is 0.389. The van der Waals surface area contributed by atoms with Gasteiger partial charge in [-0.05, 0) is 43.5 Å². The highest BCUT2D eigenvalue weighted by Crippen LogP contribution is 2.57. The predicted octanol–water partition coefficient (Wildman–Crippen LogP) is 3.62.